The van der Waals surface area contributed by atoms with Crippen LogP contribution >= 0.6 is 0 Å². The van der Waals surface area contributed by atoms with Gasteiger partial charge in [-0.25, -0.2) is 0 Å². The molecule has 6 heavy (non-hydrogen) atoms. The van der Waals surface area contributed by atoms with Crippen molar-refractivity contribution in [1.82, 2.24) is 0 Å². The summed E-state index contributed by atoms with van der Waals surface area (Å²) >= 11 is -6.10. The van der Waals surface area contributed by atoms with Gasteiger partial charge in [-0.2, -0.15) is 0 Å². The summed E-state index contributed by atoms with van der Waals surface area (Å²) in [4.78, 5) is 0. The zero-order valence-corrected chi connectivity index (χ0v) is 7.63. The Hall–Kier alpha value is 1.04. The van der Waals surface area contributed by atoms with E-state index >= 15 is 0 Å². The van der Waals surface area contributed by atoms with Crippen LogP contribution in [0.3, 0.4) is 0 Å². The molecule has 0 unspecified atom stereocenters. The third-order valence-electron chi connectivity index (χ3n) is 0. The molecule has 0 aromatic heterocycles. The number of hydrogen-bond acceptors (Lipinski definition) is 4. The van der Waals surface area contributed by atoms with Gasteiger partial charge in [0.25, 0.3) is 0 Å². The molecule has 0 aromatic rings. The molecule has 0 amide bonds. The van der Waals surface area contributed by atoms with E-state index < -0.39 is 20.1 Å². The molecule has 0 heterocycles. The third-order valence-corrected chi connectivity index (χ3v) is 0. The predicted octanol–water partition coefficient (Wildman–Crippen LogP) is -4.72. The average molecular weight is 259 g/mol. The fourth-order valence-corrected chi connectivity index (χ4v) is 0. The molecule has 0 atom stereocenters. The van der Waals surface area contributed by atoms with Crippen molar-refractivity contribution in [2.45, 2.75) is 0 Å². The van der Waals surface area contributed by atoms with E-state index in [0.29, 0.717) is 0 Å². The second-order valence-electron chi connectivity index (χ2n) is 0.447. The Balaban J connectivity index is 0. The van der Waals surface area contributed by atoms with Crippen LogP contribution in [-0.2, 0) is 3.02 Å². The molecule has 34 valence electrons. The second-order valence-corrected chi connectivity index (χ2v) is 3.00. The molecule has 0 spiro atoms. The van der Waals surface area contributed by atoms with Gasteiger partial charge in [-0.15, -0.1) is 0 Å². The number of hydrogen-bond donors (Lipinski definition) is 0. The summed E-state index contributed by atoms with van der Waals surface area (Å²) in [5.41, 5.74) is 0. The molecule has 0 saturated carbocycles. The quantitative estimate of drug-likeness (QED) is 0.409. The predicted molar refractivity (Wildman–Crippen MR) is 13.6 cm³/mol. The molecular formula is HGeO4Sb. The van der Waals surface area contributed by atoms with Crippen molar-refractivity contribution in [2.75, 3.05) is 0 Å². The number of rotatable bonds is 0. The third kappa shape index (κ3) is 76.0. The molecule has 0 bridgehead atoms. The van der Waals surface area contributed by atoms with Gasteiger partial charge in [-0.05, 0) is 0 Å². The Morgan fingerprint density at radius 2 is 1.17 bits per heavy atom. The van der Waals surface area contributed by atoms with Crippen LogP contribution < -0.4 is 10.2 Å². The standard InChI is InChI=1S/GeH.4O.Sb/h1H;;;;;/q+3;;3*-1;. The summed E-state index contributed by atoms with van der Waals surface area (Å²) < 4.78 is 34.6. The zero-order valence-electron chi connectivity index (χ0n) is 2.66. The Morgan fingerprint density at radius 3 is 1.17 bits per heavy atom. The second kappa shape index (κ2) is 3.10. The van der Waals surface area contributed by atoms with E-state index in [9.17, 15) is 0 Å². The van der Waals surface area contributed by atoms with Crippen molar-refractivity contribution in [2.24, 2.45) is 0 Å². The maximum absolute atomic E-state index is 8.64. The van der Waals surface area contributed by atoms with Crippen molar-refractivity contribution in [3.63, 3.8) is 0 Å². The first kappa shape index (κ1) is 10.1. The van der Waals surface area contributed by atoms with Gasteiger partial charge in [0.1, 0.15) is 0 Å². The molecule has 6 heteroatoms. The van der Waals surface area contributed by atoms with Crippen molar-refractivity contribution < 1.29 is 13.2 Å². The van der Waals surface area contributed by atoms with Crippen LogP contribution in [0.4, 0.5) is 0 Å². The van der Waals surface area contributed by atoms with Crippen molar-refractivity contribution in [1.29, 1.82) is 0 Å². The van der Waals surface area contributed by atoms with Crippen LogP contribution in [0.5, 0.6) is 0 Å². The summed E-state index contributed by atoms with van der Waals surface area (Å²) in [6.07, 6.45) is 0. The molecule has 0 radical (unpaired) electrons. The van der Waals surface area contributed by atoms with E-state index in [1.54, 1.807) is 0 Å². The molecule has 0 aliphatic carbocycles. The Bertz CT molecular complexity index is 53.7. The SMILES string of the molecule is [GeH+3].[O]=[Sb]([O-])([O-])[O-]. The summed E-state index contributed by atoms with van der Waals surface area (Å²) in [5, 5.41) is 0. The van der Waals surface area contributed by atoms with Gasteiger partial charge in [0, 0.05) is 0 Å². The minimum atomic E-state index is -6.10. The summed E-state index contributed by atoms with van der Waals surface area (Å²) in [6, 6.07) is 0. The summed E-state index contributed by atoms with van der Waals surface area (Å²) in [5.74, 6) is 0. The van der Waals surface area contributed by atoms with E-state index in [1.807, 2.05) is 0 Å². The van der Waals surface area contributed by atoms with E-state index in [4.69, 9.17) is 13.2 Å². The molecule has 4 nitrogen and oxygen atoms in total. The van der Waals surface area contributed by atoms with Crippen LogP contribution in [0.15, 0.2) is 0 Å². The molecule has 0 aliphatic heterocycles. The van der Waals surface area contributed by atoms with Crippen LogP contribution in [-0.4, -0.2) is 37.7 Å². The summed E-state index contributed by atoms with van der Waals surface area (Å²) in [7, 11) is 0. The topological polar surface area (TPSA) is 86.2 Å². The minimum absolute atomic E-state index is 0. The zero-order chi connectivity index (χ0) is 4.50. The van der Waals surface area contributed by atoms with Gasteiger partial charge < -0.3 is 0 Å². The van der Waals surface area contributed by atoms with E-state index in [-0.39, 0.29) is 17.6 Å². The fraction of sp³-hybridized carbons (Fsp3) is 0. The van der Waals surface area contributed by atoms with Gasteiger partial charge in [-0.3, -0.25) is 0 Å². The Kier molecular flexibility index (Phi) is 5.22. The first-order valence-electron chi connectivity index (χ1n) is 0.730. The molecular weight excluding hydrogens is 258 g/mol. The van der Waals surface area contributed by atoms with Gasteiger partial charge in [0.05, 0.1) is 0 Å². The van der Waals surface area contributed by atoms with Gasteiger partial charge >= 0.3 is 50.8 Å². The molecule has 0 N–H and O–H groups in total. The fourth-order valence-electron chi connectivity index (χ4n) is 0. The van der Waals surface area contributed by atoms with Gasteiger partial charge in [0.15, 0.2) is 0 Å². The first-order valence-corrected chi connectivity index (χ1v) is 4.90. The Labute approximate surface area is 50.9 Å². The molecule has 0 saturated heterocycles. The van der Waals surface area contributed by atoms with Gasteiger partial charge in [-0.1, -0.05) is 0 Å². The van der Waals surface area contributed by atoms with Crippen LogP contribution in [0.25, 0.3) is 0 Å². The normalized spacial score (nSPS) is 9.83. The molecule has 0 rings (SSSR count). The van der Waals surface area contributed by atoms with Crippen molar-refractivity contribution in [3.8, 4) is 0 Å². The molecule has 0 fully saturated rings. The van der Waals surface area contributed by atoms with Crippen LogP contribution in [0, 0.1) is 0 Å². The van der Waals surface area contributed by atoms with Crippen LogP contribution in [0.2, 0.25) is 0 Å². The Morgan fingerprint density at radius 1 is 1.17 bits per heavy atom. The maximum atomic E-state index is 8.64. The van der Waals surface area contributed by atoms with E-state index in [0.717, 1.165) is 0 Å². The summed E-state index contributed by atoms with van der Waals surface area (Å²) in [6.45, 7) is 0. The first-order chi connectivity index (χ1) is 2.00. The van der Waals surface area contributed by atoms with E-state index in [1.165, 1.54) is 0 Å². The molecule has 0 aromatic carbocycles. The molecule has 0 aliphatic rings. The van der Waals surface area contributed by atoms with Crippen LogP contribution in [0.1, 0.15) is 0 Å². The van der Waals surface area contributed by atoms with Crippen molar-refractivity contribution >= 4 is 37.7 Å². The van der Waals surface area contributed by atoms with Crippen molar-refractivity contribution in [3.05, 3.63) is 0 Å². The van der Waals surface area contributed by atoms with Gasteiger partial charge in [0.2, 0.25) is 0 Å². The van der Waals surface area contributed by atoms with E-state index in [2.05, 4.69) is 0 Å². The average Bonchev–Trinajstić information content (AvgIpc) is 0.722. The monoisotopic (exact) mass is 260 g/mol.